The highest BCUT2D eigenvalue weighted by Crippen LogP contribution is 2.68. The molecule has 7 atom stereocenters. The largest absolute Gasteiger partial charge is 0.450 e. The van der Waals surface area contributed by atoms with Crippen LogP contribution in [0.3, 0.4) is 0 Å². The number of carbonyl (C=O) groups excluding carboxylic acids is 3. The molecule has 0 aromatic heterocycles. The molecule has 4 aliphatic carbocycles. The van der Waals surface area contributed by atoms with E-state index in [4.69, 9.17) is 4.74 Å². The van der Waals surface area contributed by atoms with E-state index in [1.54, 1.807) is 0 Å². The first-order valence-corrected chi connectivity index (χ1v) is 12.4. The molecule has 0 aromatic carbocycles. The van der Waals surface area contributed by atoms with Gasteiger partial charge in [-0.2, -0.15) is 0 Å². The Morgan fingerprint density at radius 1 is 1.19 bits per heavy atom. The lowest BCUT2D eigenvalue weighted by atomic mass is 9.45. The van der Waals surface area contributed by atoms with Crippen molar-refractivity contribution in [3.05, 3.63) is 11.6 Å². The molecule has 0 aliphatic heterocycles. The minimum absolute atomic E-state index is 0.0319. The number of hydrogen-bond acceptors (Lipinski definition) is 6. The number of Topliss-reactive ketones (excluding diaryl/α,β-unsaturated/α-hetero) is 1. The normalized spacial score (nSPS) is 43.0. The zero-order valence-electron chi connectivity index (χ0n) is 19.7. The monoisotopic (exact) mass is 446 g/mol. The molecule has 0 spiro atoms. The Morgan fingerprint density at radius 2 is 1.94 bits per heavy atom. The molecule has 3 fully saturated rings. The van der Waals surface area contributed by atoms with Gasteiger partial charge in [0, 0.05) is 18.3 Å². The lowest BCUT2D eigenvalue weighted by Crippen LogP contribution is -2.63. The average Bonchev–Trinajstić information content (AvgIpc) is 3.04. The number of ketones is 2. The van der Waals surface area contributed by atoms with Crippen LogP contribution in [0, 0.1) is 28.6 Å². The van der Waals surface area contributed by atoms with E-state index >= 15 is 0 Å². The highest BCUT2D eigenvalue weighted by Gasteiger charge is 2.70. The standard InChI is InChI=1S/C26H38O6/c1-4-5-6-22(31)32-26(21(30)15-27)12-10-19-18-8-7-16-13-17(28)9-11-24(16,2)23(18)20(29)14-25(19,26)3/h13,18-20,23,27,29H,4-12,14-15H2,1-3H3/t18-,19-,20-,23+,24+,25+,26-/m0/s1. The maximum Gasteiger partial charge on any atom is 0.306 e. The molecular weight excluding hydrogens is 408 g/mol. The third kappa shape index (κ3) is 3.32. The fourth-order valence-electron chi connectivity index (χ4n) is 8.05. The van der Waals surface area contributed by atoms with Gasteiger partial charge >= 0.3 is 5.97 Å². The summed E-state index contributed by atoms with van der Waals surface area (Å²) in [4.78, 5) is 37.9. The quantitative estimate of drug-likeness (QED) is 0.606. The lowest BCUT2D eigenvalue weighted by molar-refractivity contribution is -0.202. The molecule has 32 heavy (non-hydrogen) atoms. The summed E-state index contributed by atoms with van der Waals surface area (Å²) in [5, 5.41) is 21.4. The Bertz CT molecular complexity index is 832. The van der Waals surface area contributed by atoms with Crippen LogP contribution < -0.4 is 0 Å². The molecule has 2 N–H and O–H groups in total. The Labute approximate surface area is 190 Å². The number of hydrogen-bond donors (Lipinski definition) is 2. The number of esters is 1. The fourth-order valence-corrected chi connectivity index (χ4v) is 8.05. The SMILES string of the molecule is CCCCC(=O)O[C@]1(C(=O)CO)CC[C@H]2[C@@H]3CCC4=CC(=O)CC[C@@]4(C)[C@H]3[C@@H](O)C[C@]21C. The van der Waals surface area contributed by atoms with E-state index in [0.29, 0.717) is 25.7 Å². The first kappa shape index (κ1) is 23.6. The van der Waals surface area contributed by atoms with Crippen LogP contribution in [0.5, 0.6) is 0 Å². The van der Waals surface area contributed by atoms with Crippen LogP contribution in [-0.2, 0) is 19.1 Å². The first-order valence-electron chi connectivity index (χ1n) is 12.4. The average molecular weight is 447 g/mol. The Hall–Kier alpha value is -1.53. The topological polar surface area (TPSA) is 101 Å². The summed E-state index contributed by atoms with van der Waals surface area (Å²) in [5.41, 5.74) is -1.12. The predicted octanol–water partition coefficient (Wildman–Crippen LogP) is 3.52. The Morgan fingerprint density at radius 3 is 2.62 bits per heavy atom. The number of unbranched alkanes of at least 4 members (excludes halogenated alkanes) is 1. The summed E-state index contributed by atoms with van der Waals surface area (Å²) in [6.07, 6.45) is 7.44. The van der Waals surface area contributed by atoms with Gasteiger partial charge in [-0.3, -0.25) is 14.4 Å². The molecule has 0 heterocycles. The van der Waals surface area contributed by atoms with Gasteiger partial charge in [0.1, 0.15) is 6.61 Å². The van der Waals surface area contributed by atoms with Crippen LogP contribution in [0.4, 0.5) is 0 Å². The van der Waals surface area contributed by atoms with Gasteiger partial charge in [0.15, 0.2) is 11.4 Å². The molecule has 4 rings (SSSR count). The number of ether oxygens (including phenoxy) is 1. The second-order valence-corrected chi connectivity index (χ2v) is 11.1. The number of aliphatic hydroxyl groups is 2. The van der Waals surface area contributed by atoms with Crippen molar-refractivity contribution in [1.82, 2.24) is 0 Å². The van der Waals surface area contributed by atoms with Crippen LogP contribution in [0.1, 0.15) is 85.0 Å². The van der Waals surface area contributed by atoms with Crippen LogP contribution >= 0.6 is 0 Å². The Kier molecular flexibility index (Phi) is 6.17. The Balaban J connectivity index is 1.70. The van der Waals surface area contributed by atoms with Crippen molar-refractivity contribution in [3.8, 4) is 0 Å². The van der Waals surface area contributed by atoms with E-state index in [1.165, 1.54) is 5.57 Å². The van der Waals surface area contributed by atoms with Crippen LogP contribution in [0.2, 0.25) is 0 Å². The lowest BCUT2D eigenvalue weighted by Gasteiger charge is -2.60. The minimum Gasteiger partial charge on any atom is -0.450 e. The molecular formula is C26H38O6. The smallest absolute Gasteiger partial charge is 0.306 e. The van der Waals surface area contributed by atoms with Crippen LogP contribution in [0.25, 0.3) is 0 Å². The molecule has 0 aromatic rings. The molecule has 6 heteroatoms. The molecule has 3 saturated carbocycles. The zero-order valence-corrected chi connectivity index (χ0v) is 19.7. The van der Waals surface area contributed by atoms with Crippen molar-refractivity contribution in [3.63, 3.8) is 0 Å². The third-order valence-corrected chi connectivity index (χ3v) is 9.63. The van der Waals surface area contributed by atoms with E-state index in [0.717, 1.165) is 32.1 Å². The summed E-state index contributed by atoms with van der Waals surface area (Å²) >= 11 is 0. The summed E-state index contributed by atoms with van der Waals surface area (Å²) in [6.45, 7) is 5.51. The van der Waals surface area contributed by atoms with Crippen LogP contribution in [-0.4, -0.2) is 46.1 Å². The number of carbonyl (C=O) groups is 3. The molecule has 0 saturated heterocycles. The number of fused-ring (bicyclic) bond motifs is 5. The second kappa shape index (κ2) is 8.35. The fraction of sp³-hybridized carbons (Fsp3) is 0.808. The van der Waals surface area contributed by atoms with Gasteiger partial charge in [-0.15, -0.1) is 0 Å². The molecule has 0 radical (unpaired) electrons. The van der Waals surface area contributed by atoms with E-state index in [-0.39, 0.29) is 35.4 Å². The van der Waals surface area contributed by atoms with Gasteiger partial charge in [-0.05, 0) is 74.2 Å². The molecule has 4 aliphatic rings. The molecule has 0 amide bonds. The first-order chi connectivity index (χ1) is 15.1. The highest BCUT2D eigenvalue weighted by atomic mass is 16.6. The van der Waals surface area contributed by atoms with Crippen molar-refractivity contribution in [2.24, 2.45) is 28.6 Å². The molecule has 0 bridgehead atoms. The minimum atomic E-state index is -1.37. The van der Waals surface area contributed by atoms with E-state index < -0.39 is 35.5 Å². The van der Waals surface area contributed by atoms with Crippen molar-refractivity contribution < 1.29 is 29.3 Å². The van der Waals surface area contributed by atoms with Crippen molar-refractivity contribution in [2.75, 3.05) is 6.61 Å². The maximum atomic E-state index is 13.1. The summed E-state index contributed by atoms with van der Waals surface area (Å²) in [6, 6.07) is 0. The summed E-state index contributed by atoms with van der Waals surface area (Å²) < 4.78 is 5.98. The van der Waals surface area contributed by atoms with Gasteiger partial charge in [0.05, 0.1) is 6.10 Å². The van der Waals surface area contributed by atoms with Gasteiger partial charge in [-0.25, -0.2) is 0 Å². The maximum absolute atomic E-state index is 13.1. The van der Waals surface area contributed by atoms with Gasteiger partial charge < -0.3 is 14.9 Å². The van der Waals surface area contributed by atoms with E-state index in [1.807, 2.05) is 19.9 Å². The summed E-state index contributed by atoms with van der Waals surface area (Å²) in [5.74, 6) is -0.297. The molecule has 0 unspecified atom stereocenters. The van der Waals surface area contributed by atoms with Crippen molar-refractivity contribution >= 4 is 17.5 Å². The predicted molar refractivity (Wildman–Crippen MR) is 119 cm³/mol. The zero-order chi connectivity index (χ0) is 23.3. The second-order valence-electron chi connectivity index (χ2n) is 11.1. The van der Waals surface area contributed by atoms with Crippen LogP contribution in [0.15, 0.2) is 11.6 Å². The number of allylic oxidation sites excluding steroid dienone is 1. The van der Waals surface area contributed by atoms with Gasteiger partial charge in [-0.1, -0.05) is 32.8 Å². The molecule has 178 valence electrons. The van der Waals surface area contributed by atoms with E-state index in [9.17, 15) is 24.6 Å². The van der Waals surface area contributed by atoms with Crippen molar-refractivity contribution in [2.45, 2.75) is 96.7 Å². The summed E-state index contributed by atoms with van der Waals surface area (Å²) in [7, 11) is 0. The number of aliphatic hydroxyl groups excluding tert-OH is 2. The van der Waals surface area contributed by atoms with E-state index in [2.05, 4.69) is 6.92 Å². The number of rotatable bonds is 6. The van der Waals surface area contributed by atoms with Crippen molar-refractivity contribution in [1.29, 1.82) is 0 Å². The molecule has 6 nitrogen and oxygen atoms in total. The van der Waals surface area contributed by atoms with Gasteiger partial charge in [0.2, 0.25) is 5.78 Å². The highest BCUT2D eigenvalue weighted by molar-refractivity contribution is 5.92. The third-order valence-electron chi connectivity index (χ3n) is 9.63. The van der Waals surface area contributed by atoms with Gasteiger partial charge in [0.25, 0.3) is 0 Å².